The molecule has 1 saturated heterocycles. The molecule has 1 aromatic carbocycles. The van der Waals surface area contributed by atoms with Crippen molar-refractivity contribution < 1.29 is 8.42 Å². The standard InChI is InChI=1S/C13H19ClN2O2S/c1-13(2)7-4-8-16(9-13)19(17,18)12-10(14)5-3-6-11(12)15/h3,5-6H,4,7-9,15H2,1-2H3. The van der Waals surface area contributed by atoms with E-state index >= 15 is 0 Å². The van der Waals surface area contributed by atoms with Gasteiger partial charge in [-0.05, 0) is 30.4 Å². The highest BCUT2D eigenvalue weighted by Gasteiger charge is 2.35. The molecule has 0 spiro atoms. The van der Waals surface area contributed by atoms with Gasteiger partial charge in [-0.3, -0.25) is 0 Å². The average Bonchev–Trinajstić information content (AvgIpc) is 2.27. The molecule has 0 radical (unpaired) electrons. The van der Waals surface area contributed by atoms with E-state index in [1.165, 1.54) is 4.31 Å². The molecule has 0 aromatic heterocycles. The number of sulfonamides is 1. The zero-order chi connectivity index (χ0) is 14.3. The van der Waals surface area contributed by atoms with Crippen LogP contribution < -0.4 is 5.73 Å². The fourth-order valence-corrected chi connectivity index (χ4v) is 4.80. The molecule has 106 valence electrons. The van der Waals surface area contributed by atoms with Gasteiger partial charge in [0.1, 0.15) is 4.90 Å². The molecular formula is C13H19ClN2O2S. The Morgan fingerprint density at radius 3 is 2.63 bits per heavy atom. The van der Waals surface area contributed by atoms with Crippen LogP contribution in [0.2, 0.25) is 5.02 Å². The van der Waals surface area contributed by atoms with Crippen molar-refractivity contribution in [1.82, 2.24) is 4.31 Å². The van der Waals surface area contributed by atoms with Crippen LogP contribution >= 0.6 is 11.6 Å². The van der Waals surface area contributed by atoms with Crippen LogP contribution in [0, 0.1) is 5.41 Å². The van der Waals surface area contributed by atoms with Crippen LogP contribution in [-0.2, 0) is 10.0 Å². The first kappa shape index (κ1) is 14.6. The third kappa shape index (κ3) is 2.88. The van der Waals surface area contributed by atoms with Crippen LogP contribution in [0.1, 0.15) is 26.7 Å². The highest BCUT2D eigenvalue weighted by Crippen LogP contribution is 2.35. The molecule has 1 heterocycles. The molecule has 0 atom stereocenters. The van der Waals surface area contributed by atoms with Gasteiger partial charge in [-0.15, -0.1) is 0 Å². The Morgan fingerprint density at radius 2 is 2.05 bits per heavy atom. The highest BCUT2D eigenvalue weighted by atomic mass is 35.5. The summed E-state index contributed by atoms with van der Waals surface area (Å²) in [4.78, 5) is 0.0365. The minimum absolute atomic E-state index is 0.0126. The predicted octanol–water partition coefficient (Wildman–Crippen LogP) is 2.73. The third-order valence-corrected chi connectivity index (χ3v) is 5.85. The van der Waals surface area contributed by atoms with Gasteiger partial charge in [0, 0.05) is 13.1 Å². The van der Waals surface area contributed by atoms with Gasteiger partial charge in [0.15, 0.2) is 0 Å². The second-order valence-corrected chi connectivity index (χ2v) is 8.05. The minimum atomic E-state index is -3.62. The van der Waals surface area contributed by atoms with Crippen LogP contribution in [0.5, 0.6) is 0 Å². The Hall–Kier alpha value is -0.780. The lowest BCUT2D eigenvalue weighted by atomic mass is 9.85. The SMILES string of the molecule is CC1(C)CCCN(S(=O)(=O)c2c(N)cccc2Cl)C1. The Bertz CT molecular complexity index is 564. The first-order chi connectivity index (χ1) is 8.74. The van der Waals surface area contributed by atoms with Crippen LogP contribution in [-0.4, -0.2) is 25.8 Å². The molecule has 1 aromatic rings. The molecule has 6 heteroatoms. The van der Waals surface area contributed by atoms with E-state index in [-0.39, 0.29) is 21.0 Å². The van der Waals surface area contributed by atoms with Crippen molar-refractivity contribution in [1.29, 1.82) is 0 Å². The zero-order valence-electron chi connectivity index (χ0n) is 11.2. The number of nitrogens with two attached hydrogens (primary N) is 1. The van der Waals surface area contributed by atoms with Gasteiger partial charge in [-0.25, -0.2) is 8.42 Å². The average molecular weight is 303 g/mol. The van der Waals surface area contributed by atoms with Crippen molar-refractivity contribution >= 4 is 27.3 Å². The molecule has 2 rings (SSSR count). The number of halogens is 1. The van der Waals surface area contributed by atoms with E-state index in [4.69, 9.17) is 17.3 Å². The summed E-state index contributed by atoms with van der Waals surface area (Å²) in [5.74, 6) is 0. The molecule has 0 aliphatic carbocycles. The molecule has 1 fully saturated rings. The predicted molar refractivity (Wildman–Crippen MR) is 77.6 cm³/mol. The molecule has 0 amide bonds. The molecule has 0 unspecified atom stereocenters. The van der Waals surface area contributed by atoms with Crippen molar-refractivity contribution in [2.75, 3.05) is 18.8 Å². The number of rotatable bonds is 2. The topological polar surface area (TPSA) is 63.4 Å². The van der Waals surface area contributed by atoms with Gasteiger partial charge in [-0.2, -0.15) is 4.31 Å². The summed E-state index contributed by atoms with van der Waals surface area (Å²) < 4.78 is 26.9. The van der Waals surface area contributed by atoms with Gasteiger partial charge >= 0.3 is 0 Å². The van der Waals surface area contributed by atoms with Gasteiger partial charge < -0.3 is 5.73 Å². The Kier molecular flexibility index (Phi) is 3.82. The number of nitrogen functional groups attached to an aromatic ring is 1. The van der Waals surface area contributed by atoms with Crippen molar-refractivity contribution in [3.8, 4) is 0 Å². The molecule has 1 aliphatic heterocycles. The lowest BCUT2D eigenvalue weighted by Crippen LogP contribution is -2.43. The Labute approximate surface area is 119 Å². The third-order valence-electron chi connectivity index (χ3n) is 3.46. The summed E-state index contributed by atoms with van der Waals surface area (Å²) in [5.41, 5.74) is 5.98. The molecule has 2 N–H and O–H groups in total. The summed E-state index contributed by atoms with van der Waals surface area (Å²) in [6, 6.07) is 4.77. The Balaban J connectivity index is 2.43. The van der Waals surface area contributed by atoms with Gasteiger partial charge in [0.05, 0.1) is 10.7 Å². The van der Waals surface area contributed by atoms with Crippen LogP contribution in [0.4, 0.5) is 5.69 Å². The lowest BCUT2D eigenvalue weighted by Gasteiger charge is -2.37. The summed E-state index contributed by atoms with van der Waals surface area (Å²) in [6.45, 7) is 5.17. The van der Waals surface area contributed by atoms with Crippen molar-refractivity contribution in [2.24, 2.45) is 5.41 Å². The molecule has 1 aliphatic rings. The van der Waals surface area contributed by atoms with Crippen molar-refractivity contribution in [2.45, 2.75) is 31.6 Å². The maximum absolute atomic E-state index is 12.7. The quantitative estimate of drug-likeness (QED) is 0.854. The van der Waals surface area contributed by atoms with Crippen molar-refractivity contribution in [3.05, 3.63) is 23.2 Å². The van der Waals surface area contributed by atoms with Crippen LogP contribution in [0.15, 0.2) is 23.1 Å². The number of hydrogen-bond acceptors (Lipinski definition) is 3. The maximum atomic E-state index is 12.7. The second-order valence-electron chi connectivity index (χ2n) is 5.76. The number of benzene rings is 1. The van der Waals surface area contributed by atoms with E-state index in [9.17, 15) is 8.42 Å². The first-order valence-electron chi connectivity index (χ1n) is 6.28. The van der Waals surface area contributed by atoms with E-state index in [1.807, 2.05) is 0 Å². The van der Waals surface area contributed by atoms with Gasteiger partial charge in [0.25, 0.3) is 0 Å². The fourth-order valence-electron chi connectivity index (χ4n) is 2.50. The number of anilines is 1. The minimum Gasteiger partial charge on any atom is -0.398 e. The first-order valence-corrected chi connectivity index (χ1v) is 8.10. The molecule has 4 nitrogen and oxygen atoms in total. The molecular weight excluding hydrogens is 284 g/mol. The summed E-state index contributed by atoms with van der Waals surface area (Å²) in [6.07, 6.45) is 1.88. The lowest BCUT2D eigenvalue weighted by molar-refractivity contribution is 0.187. The van der Waals surface area contributed by atoms with E-state index < -0.39 is 10.0 Å². The van der Waals surface area contributed by atoms with Crippen molar-refractivity contribution in [3.63, 3.8) is 0 Å². The monoisotopic (exact) mass is 302 g/mol. The summed E-state index contributed by atoms with van der Waals surface area (Å²) in [7, 11) is -3.62. The van der Waals surface area contributed by atoms with Crippen LogP contribution in [0.3, 0.4) is 0 Å². The largest absolute Gasteiger partial charge is 0.398 e. The van der Waals surface area contributed by atoms with E-state index in [1.54, 1.807) is 18.2 Å². The molecule has 19 heavy (non-hydrogen) atoms. The maximum Gasteiger partial charge on any atom is 0.246 e. The fraction of sp³-hybridized carbons (Fsp3) is 0.538. The Morgan fingerprint density at radius 1 is 1.37 bits per heavy atom. The highest BCUT2D eigenvalue weighted by molar-refractivity contribution is 7.89. The molecule has 0 saturated carbocycles. The molecule has 0 bridgehead atoms. The summed E-state index contributed by atoms with van der Waals surface area (Å²) >= 11 is 6.02. The zero-order valence-corrected chi connectivity index (χ0v) is 12.8. The van der Waals surface area contributed by atoms with Crippen LogP contribution in [0.25, 0.3) is 0 Å². The normalized spacial score (nSPS) is 20.4. The van der Waals surface area contributed by atoms with Gasteiger partial charge in [-0.1, -0.05) is 31.5 Å². The van der Waals surface area contributed by atoms with Gasteiger partial charge in [0.2, 0.25) is 10.0 Å². The number of piperidine rings is 1. The summed E-state index contributed by atoms with van der Waals surface area (Å²) in [5, 5.41) is 0.184. The van der Waals surface area contributed by atoms with E-state index in [0.29, 0.717) is 13.1 Å². The second kappa shape index (κ2) is 4.96. The smallest absolute Gasteiger partial charge is 0.246 e. The number of hydrogen-bond donors (Lipinski definition) is 1. The van der Waals surface area contributed by atoms with E-state index in [2.05, 4.69) is 13.8 Å². The number of nitrogens with zero attached hydrogens (tertiary/aromatic N) is 1. The van der Waals surface area contributed by atoms with E-state index in [0.717, 1.165) is 12.8 Å².